The number of nitrogens with zero attached hydrogens (tertiary/aromatic N) is 1. The van der Waals surface area contributed by atoms with Crippen molar-refractivity contribution in [3.05, 3.63) is 29.8 Å². The first-order valence-electron chi connectivity index (χ1n) is 9.43. The Balaban J connectivity index is 1.62. The third-order valence-electron chi connectivity index (χ3n) is 5.20. The lowest BCUT2D eigenvalue weighted by Gasteiger charge is -2.50. The molecule has 5 heteroatoms. The molecule has 0 spiro atoms. The Morgan fingerprint density at radius 3 is 2.64 bits per heavy atom. The fourth-order valence-electron chi connectivity index (χ4n) is 3.58. The first-order valence-corrected chi connectivity index (χ1v) is 9.43. The number of ether oxygens (including phenoxy) is 2. The largest absolute Gasteiger partial charge is 0.493 e. The molecule has 1 N–H and O–H groups in total. The van der Waals surface area contributed by atoms with Gasteiger partial charge in [-0.05, 0) is 31.2 Å². The van der Waals surface area contributed by atoms with Gasteiger partial charge in [-0.2, -0.15) is 0 Å². The van der Waals surface area contributed by atoms with Crippen molar-refractivity contribution in [3.63, 3.8) is 0 Å². The van der Waals surface area contributed by atoms with E-state index >= 15 is 0 Å². The van der Waals surface area contributed by atoms with E-state index < -0.39 is 0 Å². The lowest BCUT2D eigenvalue weighted by molar-refractivity contribution is -0.144. The van der Waals surface area contributed by atoms with Gasteiger partial charge in [0.25, 0.3) is 0 Å². The van der Waals surface area contributed by atoms with Crippen LogP contribution in [0.25, 0.3) is 0 Å². The predicted molar refractivity (Wildman–Crippen MR) is 97.6 cm³/mol. The summed E-state index contributed by atoms with van der Waals surface area (Å²) in [7, 11) is 0. The van der Waals surface area contributed by atoms with Crippen LogP contribution in [0.15, 0.2) is 24.3 Å². The van der Waals surface area contributed by atoms with Gasteiger partial charge in [-0.3, -0.25) is 9.69 Å². The summed E-state index contributed by atoms with van der Waals surface area (Å²) in [5.74, 6) is 1.49. The maximum Gasteiger partial charge on any atom is 0.240 e. The first kappa shape index (κ1) is 18.2. The Kier molecular flexibility index (Phi) is 5.97. The van der Waals surface area contributed by atoms with E-state index in [4.69, 9.17) is 9.47 Å². The average molecular weight is 346 g/mol. The number of morpholine rings is 1. The zero-order valence-electron chi connectivity index (χ0n) is 15.4. The van der Waals surface area contributed by atoms with E-state index in [1.54, 1.807) is 0 Å². The van der Waals surface area contributed by atoms with Crippen LogP contribution in [0.4, 0.5) is 0 Å². The van der Waals surface area contributed by atoms with Crippen LogP contribution in [0.2, 0.25) is 0 Å². The average Bonchev–Trinajstić information content (AvgIpc) is 2.59. The van der Waals surface area contributed by atoms with E-state index in [0.29, 0.717) is 19.1 Å². The molecule has 2 aliphatic rings. The van der Waals surface area contributed by atoms with E-state index in [1.165, 1.54) is 0 Å². The number of hydrogen-bond donors (Lipinski definition) is 1. The van der Waals surface area contributed by atoms with Crippen LogP contribution in [0.3, 0.4) is 0 Å². The third kappa shape index (κ3) is 4.15. The molecule has 1 aromatic rings. The quantitative estimate of drug-likeness (QED) is 0.824. The maximum atomic E-state index is 13.0. The Hall–Kier alpha value is -1.59. The van der Waals surface area contributed by atoms with Crippen LogP contribution in [-0.2, 0) is 16.1 Å². The Morgan fingerprint density at radius 2 is 2.00 bits per heavy atom. The van der Waals surface area contributed by atoms with Crippen LogP contribution in [0.5, 0.6) is 5.75 Å². The summed E-state index contributed by atoms with van der Waals surface area (Å²) in [6, 6.07) is 7.97. The van der Waals surface area contributed by atoms with E-state index in [0.717, 1.165) is 56.9 Å². The minimum Gasteiger partial charge on any atom is -0.493 e. The lowest BCUT2D eigenvalue weighted by atomic mass is 9.74. The summed E-state index contributed by atoms with van der Waals surface area (Å²) >= 11 is 0. The molecule has 1 saturated carbocycles. The third-order valence-corrected chi connectivity index (χ3v) is 5.20. The van der Waals surface area contributed by atoms with Gasteiger partial charge in [-0.1, -0.05) is 32.0 Å². The van der Waals surface area contributed by atoms with Gasteiger partial charge in [-0.25, -0.2) is 0 Å². The molecule has 1 aliphatic carbocycles. The fraction of sp³-hybridized carbons (Fsp3) is 0.650. The van der Waals surface area contributed by atoms with E-state index in [9.17, 15) is 4.79 Å². The predicted octanol–water partition coefficient (Wildman–Crippen LogP) is 2.59. The highest BCUT2D eigenvalue weighted by molar-refractivity contribution is 5.87. The number of carbonyl (C=O) groups excluding carboxylic acids is 1. The second kappa shape index (κ2) is 8.19. The second-order valence-corrected chi connectivity index (χ2v) is 7.48. The highest BCUT2D eigenvalue weighted by Crippen LogP contribution is 2.38. The molecule has 0 radical (unpaired) electrons. The molecule has 1 aliphatic heterocycles. The summed E-state index contributed by atoms with van der Waals surface area (Å²) in [6.45, 7) is 8.60. The zero-order valence-corrected chi connectivity index (χ0v) is 15.4. The van der Waals surface area contributed by atoms with Crippen LogP contribution in [-0.4, -0.2) is 49.3 Å². The molecule has 2 fully saturated rings. The normalized spacial score (nSPS) is 20.1. The van der Waals surface area contributed by atoms with Gasteiger partial charge in [0.15, 0.2) is 0 Å². The van der Waals surface area contributed by atoms with E-state index in [-0.39, 0.29) is 11.4 Å². The number of rotatable bonds is 7. The fourth-order valence-corrected chi connectivity index (χ4v) is 3.58. The van der Waals surface area contributed by atoms with Gasteiger partial charge in [0.2, 0.25) is 5.91 Å². The van der Waals surface area contributed by atoms with E-state index in [2.05, 4.69) is 24.1 Å². The first-order chi connectivity index (χ1) is 12.1. The standard InChI is InChI=1S/C20H30N2O3/c1-16(2)15-25-18-7-4-3-6-17(18)14-21-19(23)20(8-5-9-20)22-10-12-24-13-11-22/h3-4,6-7,16H,5,8-15H2,1-2H3,(H,21,23). The van der Waals surface area contributed by atoms with Crippen molar-refractivity contribution in [1.29, 1.82) is 0 Å². The van der Waals surface area contributed by atoms with Crippen LogP contribution < -0.4 is 10.1 Å². The highest BCUT2D eigenvalue weighted by Gasteiger charge is 2.49. The van der Waals surface area contributed by atoms with Crippen molar-refractivity contribution in [2.75, 3.05) is 32.9 Å². The molecule has 0 bridgehead atoms. The molecule has 0 unspecified atom stereocenters. The number of hydrogen-bond acceptors (Lipinski definition) is 4. The molecule has 0 aromatic heterocycles. The summed E-state index contributed by atoms with van der Waals surface area (Å²) in [5, 5.41) is 3.17. The van der Waals surface area contributed by atoms with Gasteiger partial charge >= 0.3 is 0 Å². The number of benzene rings is 1. The summed E-state index contributed by atoms with van der Waals surface area (Å²) in [6.07, 6.45) is 3.02. The van der Waals surface area contributed by atoms with Crippen LogP contribution in [0, 0.1) is 5.92 Å². The molecule has 1 heterocycles. The molecule has 0 atom stereocenters. The van der Waals surface area contributed by atoms with Gasteiger partial charge < -0.3 is 14.8 Å². The van der Waals surface area contributed by atoms with Crippen LogP contribution >= 0.6 is 0 Å². The number of carbonyl (C=O) groups is 1. The second-order valence-electron chi connectivity index (χ2n) is 7.48. The molecule has 5 nitrogen and oxygen atoms in total. The monoisotopic (exact) mass is 346 g/mol. The smallest absolute Gasteiger partial charge is 0.240 e. The summed E-state index contributed by atoms with van der Waals surface area (Å²) in [5.41, 5.74) is 0.713. The molecule has 1 aromatic carbocycles. The number of para-hydroxylation sites is 1. The SMILES string of the molecule is CC(C)COc1ccccc1CNC(=O)C1(N2CCOCC2)CCC1. The zero-order chi connectivity index (χ0) is 17.7. The van der Waals surface area contributed by atoms with Crippen molar-refractivity contribution < 1.29 is 14.3 Å². The molecule has 3 rings (SSSR count). The minimum absolute atomic E-state index is 0.152. The molecule has 1 amide bonds. The van der Waals surface area contributed by atoms with Crippen LogP contribution in [0.1, 0.15) is 38.7 Å². The topological polar surface area (TPSA) is 50.8 Å². The van der Waals surface area contributed by atoms with E-state index in [1.807, 2.05) is 24.3 Å². The molecular formula is C20H30N2O3. The molecule has 25 heavy (non-hydrogen) atoms. The number of amides is 1. The van der Waals surface area contributed by atoms with Gasteiger partial charge in [-0.15, -0.1) is 0 Å². The van der Waals surface area contributed by atoms with Crippen molar-refractivity contribution in [2.45, 2.75) is 45.2 Å². The Labute approximate surface area is 150 Å². The Morgan fingerprint density at radius 1 is 1.28 bits per heavy atom. The molecule has 1 saturated heterocycles. The van der Waals surface area contributed by atoms with Crippen molar-refractivity contribution in [2.24, 2.45) is 5.92 Å². The number of nitrogens with one attached hydrogen (secondary N) is 1. The maximum absolute atomic E-state index is 13.0. The van der Waals surface area contributed by atoms with Crippen molar-refractivity contribution in [3.8, 4) is 5.75 Å². The molecule has 138 valence electrons. The van der Waals surface area contributed by atoms with Gasteiger partial charge in [0.1, 0.15) is 11.3 Å². The summed E-state index contributed by atoms with van der Waals surface area (Å²) in [4.78, 5) is 15.3. The Bertz CT molecular complexity index is 578. The lowest BCUT2D eigenvalue weighted by Crippen LogP contribution is -2.64. The summed E-state index contributed by atoms with van der Waals surface area (Å²) < 4.78 is 11.3. The highest BCUT2D eigenvalue weighted by atomic mass is 16.5. The molecular weight excluding hydrogens is 316 g/mol. The van der Waals surface area contributed by atoms with Crippen molar-refractivity contribution in [1.82, 2.24) is 10.2 Å². The van der Waals surface area contributed by atoms with Crippen molar-refractivity contribution >= 4 is 5.91 Å². The van der Waals surface area contributed by atoms with Gasteiger partial charge in [0, 0.05) is 25.2 Å². The van der Waals surface area contributed by atoms with Gasteiger partial charge in [0.05, 0.1) is 19.8 Å². The minimum atomic E-state index is -0.322.